The van der Waals surface area contributed by atoms with Crippen molar-refractivity contribution in [2.24, 2.45) is 0 Å². The predicted molar refractivity (Wildman–Crippen MR) is 111 cm³/mol. The van der Waals surface area contributed by atoms with Gasteiger partial charge in [0.2, 0.25) is 15.9 Å². The van der Waals surface area contributed by atoms with Crippen molar-refractivity contribution < 1.29 is 13.2 Å². The third-order valence-electron chi connectivity index (χ3n) is 4.25. The zero-order chi connectivity index (χ0) is 19.9. The summed E-state index contributed by atoms with van der Waals surface area (Å²) in [7, 11) is -3.43. The van der Waals surface area contributed by atoms with Crippen molar-refractivity contribution in [2.45, 2.75) is 25.7 Å². The molecule has 0 fully saturated rings. The molecule has 0 aliphatic heterocycles. The van der Waals surface area contributed by atoms with Gasteiger partial charge in [-0.15, -0.1) is 0 Å². The van der Waals surface area contributed by atoms with Crippen molar-refractivity contribution in [2.75, 3.05) is 23.7 Å². The average molecular weight is 409 g/mol. The molecule has 1 atom stereocenters. The molecule has 0 unspecified atom stereocenters. The van der Waals surface area contributed by atoms with Crippen LogP contribution in [0, 0.1) is 0 Å². The number of nitrogens with zero attached hydrogens (tertiary/aromatic N) is 1. The summed E-state index contributed by atoms with van der Waals surface area (Å²) in [6.07, 6.45) is 1.85. The molecule has 1 amide bonds. The van der Waals surface area contributed by atoms with Crippen LogP contribution in [0.4, 0.5) is 5.69 Å². The summed E-state index contributed by atoms with van der Waals surface area (Å²) in [6.45, 7) is 2.85. The van der Waals surface area contributed by atoms with Gasteiger partial charge in [-0.2, -0.15) is 0 Å². The van der Waals surface area contributed by atoms with E-state index in [4.69, 9.17) is 11.6 Å². The second-order valence-electron chi connectivity index (χ2n) is 6.53. The van der Waals surface area contributed by atoms with Crippen molar-refractivity contribution in [3.05, 3.63) is 65.2 Å². The largest absolute Gasteiger partial charge is 0.356 e. The van der Waals surface area contributed by atoms with Gasteiger partial charge in [-0.05, 0) is 42.2 Å². The minimum atomic E-state index is -3.43. The van der Waals surface area contributed by atoms with Gasteiger partial charge in [0.15, 0.2) is 0 Å². The van der Waals surface area contributed by atoms with Crippen molar-refractivity contribution in [1.29, 1.82) is 0 Å². The van der Waals surface area contributed by atoms with E-state index in [9.17, 15) is 13.2 Å². The number of carbonyl (C=O) groups excluding carboxylic acids is 1. The van der Waals surface area contributed by atoms with E-state index in [1.54, 1.807) is 24.3 Å². The lowest BCUT2D eigenvalue weighted by Crippen LogP contribution is -2.32. The molecule has 2 rings (SSSR count). The normalized spacial score (nSPS) is 12.4. The third kappa shape index (κ3) is 6.88. The number of nitrogens with one attached hydrogen (secondary N) is 1. The Labute approximate surface area is 166 Å². The van der Waals surface area contributed by atoms with Crippen molar-refractivity contribution in [3.63, 3.8) is 0 Å². The lowest BCUT2D eigenvalue weighted by atomic mass is 10.0. The number of benzene rings is 2. The molecule has 0 heterocycles. The van der Waals surface area contributed by atoms with E-state index in [-0.39, 0.29) is 24.8 Å². The van der Waals surface area contributed by atoms with E-state index in [0.29, 0.717) is 23.7 Å². The quantitative estimate of drug-likeness (QED) is 0.686. The molecule has 0 aliphatic rings. The van der Waals surface area contributed by atoms with E-state index >= 15 is 0 Å². The summed E-state index contributed by atoms with van der Waals surface area (Å²) in [5, 5.41) is 3.46. The number of sulfonamides is 1. The summed E-state index contributed by atoms with van der Waals surface area (Å²) in [5.74, 6) is 0.138. The van der Waals surface area contributed by atoms with Crippen LogP contribution in [-0.4, -0.2) is 33.7 Å². The first-order valence-corrected chi connectivity index (χ1v) is 11.0. The molecular weight excluding hydrogens is 384 g/mol. The third-order valence-corrected chi connectivity index (χ3v) is 5.70. The number of anilines is 1. The number of rotatable bonds is 9. The molecule has 5 nitrogen and oxygen atoms in total. The second kappa shape index (κ2) is 9.76. The Hall–Kier alpha value is -2.05. The standard InChI is InChI=1S/C20H25ClN2O3S/c1-16(17-7-4-3-5-8-17)15-22-20(24)9-6-14-23(27(2,25)26)19-12-10-18(21)11-13-19/h3-5,7-8,10-13,16H,6,9,14-15H2,1-2H3,(H,22,24)/t16-/m0/s1. The maximum absolute atomic E-state index is 12.1. The molecule has 7 heteroatoms. The van der Waals surface area contributed by atoms with Gasteiger partial charge in [0, 0.05) is 24.5 Å². The van der Waals surface area contributed by atoms with Crippen molar-refractivity contribution in [3.8, 4) is 0 Å². The van der Waals surface area contributed by atoms with Gasteiger partial charge < -0.3 is 5.32 Å². The monoisotopic (exact) mass is 408 g/mol. The number of carbonyl (C=O) groups is 1. The molecule has 0 bridgehead atoms. The van der Waals surface area contributed by atoms with Gasteiger partial charge in [-0.25, -0.2) is 8.42 Å². The highest BCUT2D eigenvalue weighted by Gasteiger charge is 2.17. The SMILES string of the molecule is C[C@@H](CNC(=O)CCCN(c1ccc(Cl)cc1)S(C)(=O)=O)c1ccccc1. The van der Waals surface area contributed by atoms with Gasteiger partial charge in [0.25, 0.3) is 0 Å². The van der Waals surface area contributed by atoms with Crippen LogP contribution >= 0.6 is 11.6 Å². The van der Waals surface area contributed by atoms with Crippen molar-refractivity contribution in [1.82, 2.24) is 5.32 Å². The van der Waals surface area contributed by atoms with E-state index in [2.05, 4.69) is 12.2 Å². The summed E-state index contributed by atoms with van der Waals surface area (Å²) in [4.78, 5) is 12.1. The molecule has 0 saturated heterocycles. The minimum Gasteiger partial charge on any atom is -0.356 e. The Morgan fingerprint density at radius 2 is 1.74 bits per heavy atom. The minimum absolute atomic E-state index is 0.0812. The topological polar surface area (TPSA) is 66.5 Å². The molecule has 0 aromatic heterocycles. The van der Waals surface area contributed by atoms with Crippen LogP contribution in [0.3, 0.4) is 0 Å². The molecule has 0 radical (unpaired) electrons. The maximum Gasteiger partial charge on any atom is 0.232 e. The Balaban J connectivity index is 1.83. The summed E-state index contributed by atoms with van der Waals surface area (Å²) < 4.78 is 25.4. The molecule has 2 aromatic carbocycles. The van der Waals surface area contributed by atoms with Crippen LogP contribution in [0.5, 0.6) is 0 Å². The Morgan fingerprint density at radius 1 is 1.11 bits per heavy atom. The number of halogens is 1. The molecule has 2 aromatic rings. The fourth-order valence-electron chi connectivity index (χ4n) is 2.73. The molecule has 27 heavy (non-hydrogen) atoms. The van der Waals surface area contributed by atoms with Gasteiger partial charge in [0.1, 0.15) is 0 Å². The van der Waals surface area contributed by atoms with Crippen LogP contribution in [0.15, 0.2) is 54.6 Å². The molecular formula is C20H25ClN2O3S. The zero-order valence-corrected chi connectivity index (χ0v) is 17.1. The van der Waals surface area contributed by atoms with Gasteiger partial charge in [-0.1, -0.05) is 48.9 Å². The Morgan fingerprint density at radius 3 is 2.33 bits per heavy atom. The Bertz CT molecular complexity index is 839. The lowest BCUT2D eigenvalue weighted by Gasteiger charge is -2.22. The smallest absolute Gasteiger partial charge is 0.232 e. The van der Waals surface area contributed by atoms with Crippen LogP contribution in [0.1, 0.15) is 31.2 Å². The Kier molecular flexibility index (Phi) is 7.68. The highest BCUT2D eigenvalue weighted by Crippen LogP contribution is 2.21. The zero-order valence-electron chi connectivity index (χ0n) is 15.6. The van der Waals surface area contributed by atoms with Gasteiger partial charge >= 0.3 is 0 Å². The number of hydrogen-bond donors (Lipinski definition) is 1. The molecule has 1 N–H and O–H groups in total. The summed E-state index contributed by atoms with van der Waals surface area (Å²) in [5.41, 5.74) is 1.71. The first-order valence-electron chi connectivity index (χ1n) is 8.82. The van der Waals surface area contributed by atoms with E-state index in [1.807, 2.05) is 30.3 Å². The first kappa shape index (κ1) is 21.3. The number of amides is 1. The van der Waals surface area contributed by atoms with E-state index in [1.165, 1.54) is 9.87 Å². The van der Waals surface area contributed by atoms with E-state index < -0.39 is 10.0 Å². The first-order chi connectivity index (χ1) is 12.8. The summed E-state index contributed by atoms with van der Waals surface area (Å²) >= 11 is 5.86. The van der Waals surface area contributed by atoms with Crippen LogP contribution in [-0.2, 0) is 14.8 Å². The molecule has 0 saturated carbocycles. The fraction of sp³-hybridized carbons (Fsp3) is 0.350. The average Bonchev–Trinajstić information content (AvgIpc) is 2.64. The van der Waals surface area contributed by atoms with Crippen LogP contribution in [0.2, 0.25) is 5.02 Å². The van der Waals surface area contributed by atoms with Crippen molar-refractivity contribution >= 4 is 33.2 Å². The molecule has 146 valence electrons. The highest BCUT2D eigenvalue weighted by atomic mass is 35.5. The fourth-order valence-corrected chi connectivity index (χ4v) is 3.82. The van der Waals surface area contributed by atoms with Crippen LogP contribution < -0.4 is 9.62 Å². The molecule has 0 aliphatic carbocycles. The molecule has 0 spiro atoms. The van der Waals surface area contributed by atoms with E-state index in [0.717, 1.165) is 6.26 Å². The van der Waals surface area contributed by atoms with Gasteiger partial charge in [0.05, 0.1) is 11.9 Å². The van der Waals surface area contributed by atoms with Gasteiger partial charge in [-0.3, -0.25) is 9.10 Å². The highest BCUT2D eigenvalue weighted by molar-refractivity contribution is 7.92. The number of hydrogen-bond acceptors (Lipinski definition) is 3. The van der Waals surface area contributed by atoms with Crippen LogP contribution in [0.25, 0.3) is 0 Å². The maximum atomic E-state index is 12.1. The summed E-state index contributed by atoms with van der Waals surface area (Å²) in [6, 6.07) is 16.6. The lowest BCUT2D eigenvalue weighted by molar-refractivity contribution is -0.121. The predicted octanol–water partition coefficient (Wildman–Crippen LogP) is 3.81. The second-order valence-corrected chi connectivity index (χ2v) is 8.87.